The highest BCUT2D eigenvalue weighted by Gasteiger charge is 2.51. The Morgan fingerprint density at radius 3 is 1.43 bits per heavy atom. The Kier molecular flexibility index (Phi) is 6.55. The maximum atomic E-state index is 2.41. The summed E-state index contributed by atoms with van der Waals surface area (Å²) in [6.45, 7) is 16.0. The zero-order chi connectivity index (χ0) is 15.2. The minimum absolute atomic E-state index is 0.926. The molecule has 2 nitrogen and oxygen atoms in total. The van der Waals surface area contributed by atoms with Gasteiger partial charge in [-0.05, 0) is 19.3 Å². The smallest absolute Gasteiger partial charge is 0.216 e. The molecule has 2 rings (SSSR count). The van der Waals surface area contributed by atoms with Crippen LogP contribution in [0.2, 0.25) is 0 Å². The SMILES string of the molecule is CCCCC([N+]1(CCC)CCCC1)[N+]1(CCC)CCCC1. The third-order valence-electron chi connectivity index (χ3n) is 6.33. The summed E-state index contributed by atoms with van der Waals surface area (Å²) in [6, 6.07) is 0. The van der Waals surface area contributed by atoms with Crippen LogP contribution >= 0.6 is 0 Å². The number of nitrogens with zero attached hydrogens (tertiary/aromatic N) is 2. The Morgan fingerprint density at radius 2 is 1.10 bits per heavy atom. The van der Waals surface area contributed by atoms with Gasteiger partial charge >= 0.3 is 0 Å². The maximum absolute atomic E-state index is 2.41. The van der Waals surface area contributed by atoms with Gasteiger partial charge in [-0.25, -0.2) is 0 Å². The fourth-order valence-corrected chi connectivity index (χ4v) is 5.62. The average Bonchev–Trinajstić information content (AvgIpc) is 3.11. The van der Waals surface area contributed by atoms with Crippen LogP contribution < -0.4 is 0 Å². The molecule has 2 heteroatoms. The quantitative estimate of drug-likeness (QED) is 0.548. The first-order valence-electron chi connectivity index (χ1n) is 9.94. The molecule has 0 unspecified atom stereocenters. The number of rotatable bonds is 9. The van der Waals surface area contributed by atoms with Gasteiger partial charge in [-0.3, -0.25) is 8.97 Å². The van der Waals surface area contributed by atoms with E-state index in [1.165, 1.54) is 106 Å². The van der Waals surface area contributed by atoms with E-state index in [4.69, 9.17) is 0 Å². The molecule has 0 aromatic heterocycles. The molecule has 0 aromatic carbocycles. The number of hydrogen-bond acceptors (Lipinski definition) is 0. The summed E-state index contributed by atoms with van der Waals surface area (Å²) in [5.74, 6) is 0. The molecule has 0 N–H and O–H groups in total. The van der Waals surface area contributed by atoms with E-state index in [9.17, 15) is 0 Å². The lowest BCUT2D eigenvalue weighted by Gasteiger charge is -2.51. The summed E-state index contributed by atoms with van der Waals surface area (Å²) < 4.78 is 2.97. The van der Waals surface area contributed by atoms with Gasteiger partial charge in [0.05, 0.1) is 45.7 Å². The van der Waals surface area contributed by atoms with E-state index in [0.29, 0.717) is 0 Å². The van der Waals surface area contributed by atoms with Crippen molar-refractivity contribution < 1.29 is 8.97 Å². The molecule has 0 atom stereocenters. The summed E-state index contributed by atoms with van der Waals surface area (Å²) in [6.07, 6.45) is 13.9. The first-order valence-corrected chi connectivity index (χ1v) is 9.94. The van der Waals surface area contributed by atoms with Crippen LogP contribution in [0.15, 0.2) is 0 Å². The number of likely N-dealkylation sites (tertiary alicyclic amines) is 2. The van der Waals surface area contributed by atoms with E-state index in [-0.39, 0.29) is 0 Å². The molecule has 2 aliphatic rings. The molecule has 0 amide bonds. The minimum Gasteiger partial charge on any atom is -0.275 e. The third-order valence-corrected chi connectivity index (χ3v) is 6.33. The molecule has 0 aliphatic carbocycles. The van der Waals surface area contributed by atoms with Gasteiger partial charge in [0.25, 0.3) is 0 Å². The molecule has 2 saturated heterocycles. The molecular formula is C19H40N2+2. The second kappa shape index (κ2) is 7.97. The third kappa shape index (κ3) is 3.64. The highest BCUT2D eigenvalue weighted by molar-refractivity contribution is 4.65. The lowest BCUT2D eigenvalue weighted by molar-refractivity contribution is -1.13. The molecule has 0 saturated carbocycles. The predicted octanol–water partition coefficient (Wildman–Crippen LogP) is 4.54. The van der Waals surface area contributed by atoms with Gasteiger partial charge in [-0.1, -0.05) is 27.2 Å². The Bertz CT molecular complexity index is 262. The van der Waals surface area contributed by atoms with E-state index >= 15 is 0 Å². The van der Waals surface area contributed by atoms with Crippen molar-refractivity contribution in [2.24, 2.45) is 0 Å². The first-order chi connectivity index (χ1) is 10.2. The summed E-state index contributed by atoms with van der Waals surface area (Å²) in [7, 11) is 0. The molecule has 2 fully saturated rings. The van der Waals surface area contributed by atoms with Crippen molar-refractivity contribution in [2.45, 2.75) is 84.7 Å². The lowest BCUT2D eigenvalue weighted by atomic mass is 10.1. The zero-order valence-corrected chi connectivity index (χ0v) is 15.1. The number of unbranched alkanes of at least 4 members (excludes halogenated alkanes) is 1. The molecule has 21 heavy (non-hydrogen) atoms. The second-order valence-corrected chi connectivity index (χ2v) is 7.82. The van der Waals surface area contributed by atoms with Crippen molar-refractivity contribution in [3.8, 4) is 0 Å². The minimum atomic E-state index is 0.926. The van der Waals surface area contributed by atoms with Crippen molar-refractivity contribution in [1.29, 1.82) is 0 Å². The number of hydrogen-bond donors (Lipinski definition) is 0. The van der Waals surface area contributed by atoms with Gasteiger partial charge in [0, 0.05) is 25.7 Å². The van der Waals surface area contributed by atoms with Crippen molar-refractivity contribution in [3.63, 3.8) is 0 Å². The van der Waals surface area contributed by atoms with Crippen molar-refractivity contribution in [3.05, 3.63) is 0 Å². The standard InChI is InChI=1S/C19H40N2/c1-4-7-12-19(20(13-5-2)15-8-9-16-20)21(14-6-3)17-10-11-18-21/h19H,4-18H2,1-3H3/q+2. The van der Waals surface area contributed by atoms with Gasteiger partial charge in [0.1, 0.15) is 0 Å². The first kappa shape index (κ1) is 17.3. The molecule has 0 radical (unpaired) electrons. The molecule has 124 valence electrons. The molecular weight excluding hydrogens is 256 g/mol. The van der Waals surface area contributed by atoms with E-state index in [2.05, 4.69) is 20.8 Å². The van der Waals surface area contributed by atoms with Gasteiger partial charge in [0.15, 0.2) is 0 Å². The van der Waals surface area contributed by atoms with Crippen LogP contribution in [-0.2, 0) is 0 Å². The Labute approximate surface area is 133 Å². The van der Waals surface area contributed by atoms with Crippen LogP contribution in [0.25, 0.3) is 0 Å². The van der Waals surface area contributed by atoms with Crippen molar-refractivity contribution in [1.82, 2.24) is 0 Å². The van der Waals surface area contributed by atoms with E-state index in [1.54, 1.807) is 0 Å². The van der Waals surface area contributed by atoms with Crippen LogP contribution in [0, 0.1) is 0 Å². The molecule has 2 aliphatic heterocycles. The fourth-order valence-electron chi connectivity index (χ4n) is 5.62. The topological polar surface area (TPSA) is 0 Å². The second-order valence-electron chi connectivity index (χ2n) is 7.82. The fraction of sp³-hybridized carbons (Fsp3) is 1.00. The summed E-state index contributed by atoms with van der Waals surface area (Å²) in [5.41, 5.74) is 0. The highest BCUT2D eigenvalue weighted by Crippen LogP contribution is 2.37. The van der Waals surface area contributed by atoms with Crippen LogP contribution in [0.5, 0.6) is 0 Å². The molecule has 0 spiro atoms. The number of quaternary nitrogens is 2. The van der Waals surface area contributed by atoms with Gasteiger partial charge in [-0.2, -0.15) is 0 Å². The Balaban J connectivity index is 2.26. The van der Waals surface area contributed by atoms with Gasteiger partial charge < -0.3 is 0 Å². The van der Waals surface area contributed by atoms with E-state index in [0.717, 1.165) is 6.17 Å². The summed E-state index contributed by atoms with van der Waals surface area (Å²) in [5, 5.41) is 0. The zero-order valence-electron chi connectivity index (χ0n) is 15.1. The summed E-state index contributed by atoms with van der Waals surface area (Å²) >= 11 is 0. The highest BCUT2D eigenvalue weighted by atomic mass is 15.6. The van der Waals surface area contributed by atoms with E-state index < -0.39 is 0 Å². The molecule has 0 bridgehead atoms. The molecule has 2 heterocycles. The predicted molar refractivity (Wildman–Crippen MR) is 92.1 cm³/mol. The molecule has 0 aromatic rings. The van der Waals surface area contributed by atoms with Crippen molar-refractivity contribution >= 4 is 0 Å². The van der Waals surface area contributed by atoms with Crippen LogP contribution in [-0.4, -0.2) is 54.4 Å². The van der Waals surface area contributed by atoms with Crippen molar-refractivity contribution in [2.75, 3.05) is 39.3 Å². The average molecular weight is 297 g/mol. The monoisotopic (exact) mass is 296 g/mol. The largest absolute Gasteiger partial charge is 0.275 e. The van der Waals surface area contributed by atoms with Gasteiger partial charge in [0.2, 0.25) is 6.17 Å². The van der Waals surface area contributed by atoms with Crippen LogP contribution in [0.3, 0.4) is 0 Å². The normalized spacial score (nSPS) is 24.0. The van der Waals surface area contributed by atoms with Crippen LogP contribution in [0.4, 0.5) is 0 Å². The Morgan fingerprint density at radius 1 is 0.667 bits per heavy atom. The van der Waals surface area contributed by atoms with E-state index in [1.807, 2.05) is 0 Å². The lowest BCUT2D eigenvalue weighted by Crippen LogP contribution is -2.69. The summed E-state index contributed by atoms with van der Waals surface area (Å²) in [4.78, 5) is 0. The Hall–Kier alpha value is -0.0800. The van der Waals surface area contributed by atoms with Gasteiger partial charge in [-0.15, -0.1) is 0 Å². The maximum Gasteiger partial charge on any atom is 0.216 e. The van der Waals surface area contributed by atoms with Crippen LogP contribution in [0.1, 0.15) is 78.6 Å².